The Kier molecular flexibility index (Phi) is 8.45. The highest BCUT2D eigenvalue weighted by molar-refractivity contribution is 7.99. The minimum Gasteiger partial charge on any atom is -0.465 e. The molecule has 0 spiro atoms. The van der Waals surface area contributed by atoms with E-state index in [4.69, 9.17) is 9.72 Å². The van der Waals surface area contributed by atoms with Crippen molar-refractivity contribution in [3.05, 3.63) is 86.0 Å². The molecule has 0 atom stereocenters. The first-order valence-electron chi connectivity index (χ1n) is 12.0. The second-order valence-corrected chi connectivity index (χ2v) is 10.7. The van der Waals surface area contributed by atoms with Gasteiger partial charge in [-0.15, -0.1) is 11.3 Å². The van der Waals surface area contributed by atoms with Crippen molar-refractivity contribution in [2.45, 2.75) is 45.8 Å². The van der Waals surface area contributed by atoms with Gasteiger partial charge in [0.25, 0.3) is 11.5 Å². The number of fused-ring (bicyclic) bond motifs is 1. The largest absolute Gasteiger partial charge is 0.465 e. The van der Waals surface area contributed by atoms with Crippen molar-refractivity contribution in [2.24, 2.45) is 0 Å². The van der Waals surface area contributed by atoms with E-state index in [1.54, 1.807) is 18.4 Å². The van der Waals surface area contributed by atoms with Crippen LogP contribution in [0.25, 0.3) is 10.2 Å². The van der Waals surface area contributed by atoms with Gasteiger partial charge in [0.15, 0.2) is 5.16 Å². The van der Waals surface area contributed by atoms with Gasteiger partial charge in [-0.1, -0.05) is 48.2 Å². The molecule has 0 fully saturated rings. The van der Waals surface area contributed by atoms with Gasteiger partial charge in [-0.05, 0) is 68.5 Å². The van der Waals surface area contributed by atoms with E-state index in [-0.39, 0.29) is 29.8 Å². The lowest BCUT2D eigenvalue weighted by Gasteiger charge is -2.12. The minimum absolute atomic E-state index is 0.0432. The Balaban J connectivity index is 1.71. The van der Waals surface area contributed by atoms with Crippen LogP contribution >= 0.6 is 23.1 Å². The Hall–Kier alpha value is -3.43. The fraction of sp³-hybridized carbons (Fsp3) is 0.286. The third kappa shape index (κ3) is 6.29. The highest BCUT2D eigenvalue weighted by Gasteiger charge is 2.22. The van der Waals surface area contributed by atoms with Crippen molar-refractivity contribution in [3.8, 4) is 0 Å². The number of thioether (sulfide) groups is 1. The number of esters is 1. The van der Waals surface area contributed by atoms with E-state index in [1.165, 1.54) is 23.1 Å². The predicted molar refractivity (Wildman–Crippen MR) is 150 cm³/mol. The van der Waals surface area contributed by atoms with E-state index in [2.05, 4.69) is 5.32 Å². The van der Waals surface area contributed by atoms with Crippen LogP contribution in [0.4, 0.5) is 5.69 Å². The van der Waals surface area contributed by atoms with Crippen molar-refractivity contribution >= 4 is 50.9 Å². The maximum atomic E-state index is 13.7. The molecule has 9 heteroatoms. The number of hydrogen-bond acceptors (Lipinski definition) is 7. The van der Waals surface area contributed by atoms with Gasteiger partial charge in [0.05, 0.1) is 22.6 Å². The average molecular weight is 536 g/mol. The molecule has 2 aromatic carbocycles. The van der Waals surface area contributed by atoms with Crippen LogP contribution in [0.1, 0.15) is 38.8 Å². The minimum atomic E-state index is -0.368. The normalized spacial score (nSPS) is 11.0. The first kappa shape index (κ1) is 26.6. The van der Waals surface area contributed by atoms with E-state index in [1.807, 2.05) is 62.4 Å². The number of ether oxygens (including phenoxy) is 1. The van der Waals surface area contributed by atoms with Crippen LogP contribution in [0.3, 0.4) is 0 Å². The van der Waals surface area contributed by atoms with Crippen LogP contribution in [-0.4, -0.2) is 33.8 Å². The van der Waals surface area contributed by atoms with Gasteiger partial charge in [0.2, 0.25) is 0 Å². The van der Waals surface area contributed by atoms with Crippen molar-refractivity contribution in [1.29, 1.82) is 0 Å². The molecule has 0 aliphatic carbocycles. The van der Waals surface area contributed by atoms with Gasteiger partial charge in [0.1, 0.15) is 4.83 Å². The number of benzene rings is 2. The summed E-state index contributed by atoms with van der Waals surface area (Å²) in [6.07, 6.45) is 0.629. The van der Waals surface area contributed by atoms with Crippen LogP contribution in [0.2, 0.25) is 0 Å². The zero-order valence-corrected chi connectivity index (χ0v) is 22.9. The van der Waals surface area contributed by atoms with Crippen molar-refractivity contribution in [3.63, 3.8) is 0 Å². The summed E-state index contributed by atoms with van der Waals surface area (Å²) in [4.78, 5) is 44.6. The van der Waals surface area contributed by atoms with Crippen molar-refractivity contribution < 1.29 is 14.3 Å². The zero-order chi connectivity index (χ0) is 26.5. The second-order valence-electron chi connectivity index (χ2n) is 8.75. The molecule has 0 radical (unpaired) electrons. The number of rotatable bonds is 9. The first-order valence-corrected chi connectivity index (χ1v) is 13.8. The van der Waals surface area contributed by atoms with Gasteiger partial charge >= 0.3 is 5.97 Å². The third-order valence-electron chi connectivity index (χ3n) is 5.79. The Morgan fingerprint density at radius 3 is 2.46 bits per heavy atom. The molecule has 0 aliphatic rings. The Labute approximate surface area is 223 Å². The van der Waals surface area contributed by atoms with Gasteiger partial charge in [0, 0.05) is 12.2 Å². The highest BCUT2D eigenvalue weighted by Crippen LogP contribution is 2.30. The van der Waals surface area contributed by atoms with Crippen molar-refractivity contribution in [1.82, 2.24) is 9.55 Å². The molecule has 192 valence electrons. The maximum Gasteiger partial charge on any atom is 0.316 e. The molecule has 7 nitrogen and oxygen atoms in total. The number of nitrogens with one attached hydrogen (secondary N) is 1. The monoisotopic (exact) mass is 535 g/mol. The molecule has 0 bridgehead atoms. The number of anilines is 1. The number of aryl methyl sites for hydroxylation is 4. The summed E-state index contributed by atoms with van der Waals surface area (Å²) in [5, 5.41) is 3.83. The molecular formula is C28H29N3O4S2. The van der Waals surface area contributed by atoms with Gasteiger partial charge in [-0.2, -0.15) is 0 Å². The predicted octanol–water partition coefficient (Wildman–Crippen LogP) is 5.53. The number of hydrogen-bond donors (Lipinski definition) is 1. The van der Waals surface area contributed by atoms with Gasteiger partial charge in [-0.3, -0.25) is 19.0 Å². The Bertz CT molecular complexity index is 1490. The lowest BCUT2D eigenvalue weighted by Crippen LogP contribution is -2.25. The summed E-state index contributed by atoms with van der Waals surface area (Å²) in [5.41, 5.74) is 4.29. The summed E-state index contributed by atoms with van der Waals surface area (Å²) in [7, 11) is 0. The van der Waals surface area contributed by atoms with Crippen LogP contribution < -0.4 is 10.9 Å². The molecule has 37 heavy (non-hydrogen) atoms. The SMILES string of the molecule is CCOC(=O)CSc1nc2sc(C(=O)Nc3cc(C)cc(C)c3)c(C)c2c(=O)n1CCc1ccccc1. The summed E-state index contributed by atoms with van der Waals surface area (Å²) in [5.74, 6) is -0.601. The molecule has 1 amide bonds. The van der Waals surface area contributed by atoms with Crippen LogP contribution in [0, 0.1) is 20.8 Å². The summed E-state index contributed by atoms with van der Waals surface area (Å²) in [6, 6.07) is 15.7. The average Bonchev–Trinajstić information content (AvgIpc) is 3.19. The number of nitrogens with zero attached hydrogens (tertiary/aromatic N) is 2. The summed E-state index contributed by atoms with van der Waals surface area (Å²) >= 11 is 2.36. The molecule has 0 saturated heterocycles. The van der Waals surface area contributed by atoms with E-state index < -0.39 is 0 Å². The Morgan fingerprint density at radius 2 is 1.78 bits per heavy atom. The van der Waals surface area contributed by atoms with Gasteiger partial charge < -0.3 is 10.1 Å². The van der Waals surface area contributed by atoms with Crippen LogP contribution in [0.15, 0.2) is 58.5 Å². The van der Waals surface area contributed by atoms with E-state index in [0.29, 0.717) is 44.5 Å². The molecule has 0 unspecified atom stereocenters. The number of thiophene rings is 1. The first-order chi connectivity index (χ1) is 17.8. The highest BCUT2D eigenvalue weighted by atomic mass is 32.2. The fourth-order valence-corrected chi connectivity index (χ4v) is 6.11. The molecule has 4 aromatic rings. The molecule has 1 N–H and O–H groups in total. The standard InChI is InChI=1S/C28H29N3O4S2/c1-5-35-22(32)16-36-28-30-26-23(27(34)31(28)12-11-20-9-7-6-8-10-20)19(4)24(37-26)25(33)29-21-14-17(2)13-18(3)15-21/h6-10,13-15H,5,11-12,16H2,1-4H3,(H,29,33). The smallest absolute Gasteiger partial charge is 0.316 e. The molecular weight excluding hydrogens is 506 g/mol. The Morgan fingerprint density at radius 1 is 1.08 bits per heavy atom. The summed E-state index contributed by atoms with van der Waals surface area (Å²) < 4.78 is 6.65. The number of carbonyl (C=O) groups excluding carboxylic acids is 2. The van der Waals surface area contributed by atoms with Crippen molar-refractivity contribution in [2.75, 3.05) is 17.7 Å². The zero-order valence-electron chi connectivity index (χ0n) is 21.3. The number of amides is 1. The second kappa shape index (κ2) is 11.7. The van der Waals surface area contributed by atoms with Crippen LogP contribution in [0.5, 0.6) is 0 Å². The third-order valence-corrected chi connectivity index (χ3v) is 7.93. The molecule has 2 heterocycles. The van der Waals surface area contributed by atoms with Crippen LogP contribution in [-0.2, 0) is 22.5 Å². The molecule has 0 saturated carbocycles. The fourth-order valence-electron chi connectivity index (χ4n) is 4.17. The number of carbonyl (C=O) groups is 2. The molecule has 2 aromatic heterocycles. The molecule has 0 aliphatic heterocycles. The lowest BCUT2D eigenvalue weighted by atomic mass is 10.1. The topological polar surface area (TPSA) is 90.3 Å². The maximum absolute atomic E-state index is 13.7. The number of aromatic nitrogens is 2. The lowest BCUT2D eigenvalue weighted by molar-refractivity contribution is -0.139. The van der Waals surface area contributed by atoms with E-state index in [9.17, 15) is 14.4 Å². The summed E-state index contributed by atoms with van der Waals surface area (Å²) in [6.45, 7) is 8.17. The quantitative estimate of drug-likeness (QED) is 0.172. The van der Waals surface area contributed by atoms with E-state index in [0.717, 1.165) is 16.7 Å². The molecule has 4 rings (SSSR count). The van der Waals surface area contributed by atoms with Gasteiger partial charge in [-0.25, -0.2) is 4.98 Å². The van der Waals surface area contributed by atoms with E-state index >= 15 is 0 Å².